The van der Waals surface area contributed by atoms with Gasteiger partial charge >= 0.3 is 7.12 Å². The van der Waals surface area contributed by atoms with Crippen LogP contribution in [0.3, 0.4) is 0 Å². The quantitative estimate of drug-likeness (QED) is 0.690. The maximum absolute atomic E-state index is 15.0. The predicted octanol–water partition coefficient (Wildman–Crippen LogP) is 3.43. The third-order valence-corrected chi connectivity index (χ3v) is 5.57. The van der Waals surface area contributed by atoms with E-state index in [4.69, 9.17) is 14.0 Å². The number of ether oxygens (including phenoxy) is 1. The summed E-state index contributed by atoms with van der Waals surface area (Å²) in [6.45, 7) is 9.19. The molecular formula is C15H24BFO3. The molecule has 0 N–H and O–H groups in total. The van der Waals surface area contributed by atoms with Gasteiger partial charge in [-0.1, -0.05) is 0 Å². The van der Waals surface area contributed by atoms with Crippen LogP contribution < -0.4 is 0 Å². The summed E-state index contributed by atoms with van der Waals surface area (Å²) in [5.41, 5.74) is -0.394. The van der Waals surface area contributed by atoms with E-state index >= 15 is 0 Å². The van der Waals surface area contributed by atoms with Gasteiger partial charge in [-0.15, -0.1) is 0 Å². The van der Waals surface area contributed by atoms with Gasteiger partial charge in [-0.3, -0.25) is 0 Å². The molecule has 1 atom stereocenters. The minimum atomic E-state index is -0.856. The summed E-state index contributed by atoms with van der Waals surface area (Å²) < 4.78 is 32.2. The van der Waals surface area contributed by atoms with Crippen molar-refractivity contribution < 1.29 is 18.4 Å². The molecule has 3 rings (SSSR count). The molecule has 1 unspecified atom stereocenters. The molecule has 2 saturated heterocycles. The van der Waals surface area contributed by atoms with Crippen molar-refractivity contribution in [2.75, 3.05) is 13.2 Å². The van der Waals surface area contributed by atoms with E-state index in [1.165, 1.54) is 0 Å². The first-order valence-electron chi connectivity index (χ1n) is 7.60. The first-order chi connectivity index (χ1) is 9.28. The van der Waals surface area contributed by atoms with Crippen LogP contribution in [0, 0.1) is 5.41 Å². The van der Waals surface area contributed by atoms with Crippen molar-refractivity contribution in [3.05, 3.63) is 11.3 Å². The maximum atomic E-state index is 15.0. The molecule has 112 valence electrons. The average molecular weight is 282 g/mol. The molecule has 0 aromatic heterocycles. The summed E-state index contributed by atoms with van der Waals surface area (Å²) in [6.07, 6.45) is 3.79. The Morgan fingerprint density at radius 2 is 1.75 bits per heavy atom. The van der Waals surface area contributed by atoms with E-state index in [1.54, 1.807) is 0 Å². The minimum Gasteiger partial charge on any atom is -0.398 e. The molecule has 2 heterocycles. The molecule has 0 radical (unpaired) electrons. The normalized spacial score (nSPS) is 38.0. The van der Waals surface area contributed by atoms with E-state index in [0.29, 0.717) is 6.61 Å². The van der Waals surface area contributed by atoms with Gasteiger partial charge in [-0.2, -0.15) is 0 Å². The van der Waals surface area contributed by atoms with E-state index < -0.39 is 18.3 Å². The highest BCUT2D eigenvalue weighted by molar-refractivity contribution is 6.53. The van der Waals surface area contributed by atoms with E-state index in [9.17, 15) is 4.39 Å². The summed E-state index contributed by atoms with van der Waals surface area (Å²) in [5.74, 6) is 0. The van der Waals surface area contributed by atoms with Crippen LogP contribution in [0.15, 0.2) is 11.3 Å². The van der Waals surface area contributed by atoms with E-state index in [1.807, 2.05) is 27.7 Å². The fourth-order valence-electron chi connectivity index (χ4n) is 3.52. The molecule has 0 aromatic rings. The van der Waals surface area contributed by atoms with E-state index in [2.05, 4.69) is 0 Å². The molecular weight excluding hydrogens is 258 g/mol. The highest BCUT2D eigenvalue weighted by atomic mass is 19.1. The van der Waals surface area contributed by atoms with Crippen molar-refractivity contribution in [3.63, 3.8) is 0 Å². The fraction of sp³-hybridized carbons (Fsp3) is 0.867. The largest absolute Gasteiger partial charge is 0.525 e. The van der Waals surface area contributed by atoms with Crippen molar-refractivity contribution in [1.29, 1.82) is 0 Å². The summed E-state index contributed by atoms with van der Waals surface area (Å²) in [7, 11) is -0.856. The van der Waals surface area contributed by atoms with Crippen LogP contribution >= 0.6 is 0 Å². The van der Waals surface area contributed by atoms with Gasteiger partial charge in [0.2, 0.25) is 0 Å². The van der Waals surface area contributed by atoms with Crippen LogP contribution in [-0.2, 0) is 14.0 Å². The Morgan fingerprint density at radius 3 is 2.30 bits per heavy atom. The van der Waals surface area contributed by atoms with Crippen LogP contribution in [0.2, 0.25) is 0 Å². The Bertz CT molecular complexity index is 417. The van der Waals surface area contributed by atoms with Crippen molar-refractivity contribution in [2.24, 2.45) is 5.41 Å². The number of rotatable bonds is 1. The lowest BCUT2D eigenvalue weighted by Gasteiger charge is -2.32. The lowest BCUT2D eigenvalue weighted by Crippen LogP contribution is -2.41. The van der Waals surface area contributed by atoms with Crippen molar-refractivity contribution in [1.82, 2.24) is 0 Å². The number of halogens is 1. The van der Waals surface area contributed by atoms with Crippen molar-refractivity contribution in [2.45, 2.75) is 64.6 Å². The van der Waals surface area contributed by atoms with Crippen LogP contribution in [0.4, 0.5) is 4.39 Å². The second-order valence-electron chi connectivity index (χ2n) is 7.35. The molecule has 1 aliphatic carbocycles. The SMILES string of the molecule is CC1(C)OB(C(F)=C2CCCC23CCOC3)OC1(C)C. The Balaban J connectivity index is 1.89. The second kappa shape index (κ2) is 4.55. The van der Waals surface area contributed by atoms with Gasteiger partial charge in [0, 0.05) is 12.0 Å². The monoisotopic (exact) mass is 282 g/mol. The second-order valence-corrected chi connectivity index (χ2v) is 7.35. The number of hydrogen-bond donors (Lipinski definition) is 0. The van der Waals surface area contributed by atoms with E-state index in [-0.39, 0.29) is 11.1 Å². The first-order valence-corrected chi connectivity index (χ1v) is 7.60. The molecule has 0 amide bonds. The highest BCUT2D eigenvalue weighted by Gasteiger charge is 2.55. The molecule has 0 bridgehead atoms. The maximum Gasteiger partial charge on any atom is 0.525 e. The smallest absolute Gasteiger partial charge is 0.398 e. The third kappa shape index (κ3) is 2.06. The molecule has 1 saturated carbocycles. The Morgan fingerprint density at radius 1 is 1.10 bits per heavy atom. The number of hydrogen-bond acceptors (Lipinski definition) is 3. The van der Waals surface area contributed by atoms with Crippen LogP contribution in [0.5, 0.6) is 0 Å². The molecule has 3 fully saturated rings. The van der Waals surface area contributed by atoms with Gasteiger partial charge in [0.25, 0.3) is 0 Å². The third-order valence-electron chi connectivity index (χ3n) is 5.57. The predicted molar refractivity (Wildman–Crippen MR) is 75.9 cm³/mol. The first kappa shape index (κ1) is 14.5. The van der Waals surface area contributed by atoms with Crippen molar-refractivity contribution in [3.8, 4) is 0 Å². The van der Waals surface area contributed by atoms with E-state index in [0.717, 1.165) is 37.9 Å². The standard InChI is InChI=1S/C15H24BFO3/c1-13(2)14(3,4)20-16(19-13)12(17)11-6-5-7-15(11)8-9-18-10-15/h5-10H2,1-4H3. The van der Waals surface area contributed by atoms with Gasteiger partial charge in [0.1, 0.15) is 5.73 Å². The Hall–Kier alpha value is -0.385. The molecule has 3 aliphatic rings. The summed E-state index contributed by atoms with van der Waals surface area (Å²) >= 11 is 0. The lowest BCUT2D eigenvalue weighted by molar-refractivity contribution is 0.00578. The molecule has 2 aliphatic heterocycles. The van der Waals surface area contributed by atoms with Gasteiger partial charge in [0.15, 0.2) is 0 Å². The lowest BCUT2D eigenvalue weighted by atomic mass is 9.74. The molecule has 1 spiro atoms. The minimum absolute atomic E-state index is 0.0896. The van der Waals surface area contributed by atoms with Gasteiger partial charge in [-0.25, -0.2) is 4.39 Å². The summed E-state index contributed by atoms with van der Waals surface area (Å²) in [5, 5.41) is 0. The molecule has 3 nitrogen and oxygen atoms in total. The molecule has 20 heavy (non-hydrogen) atoms. The Kier molecular flexibility index (Phi) is 3.31. The van der Waals surface area contributed by atoms with Crippen LogP contribution in [0.25, 0.3) is 0 Å². The van der Waals surface area contributed by atoms with Gasteiger partial charge in [0.05, 0.1) is 17.8 Å². The van der Waals surface area contributed by atoms with Crippen molar-refractivity contribution >= 4 is 7.12 Å². The summed E-state index contributed by atoms with van der Waals surface area (Å²) in [4.78, 5) is 0. The average Bonchev–Trinajstić information content (AvgIpc) is 3.02. The van der Waals surface area contributed by atoms with Gasteiger partial charge < -0.3 is 14.0 Å². The summed E-state index contributed by atoms with van der Waals surface area (Å²) in [6, 6.07) is 0. The highest BCUT2D eigenvalue weighted by Crippen LogP contribution is 2.51. The zero-order valence-corrected chi connectivity index (χ0v) is 12.9. The zero-order valence-electron chi connectivity index (χ0n) is 12.9. The van der Waals surface area contributed by atoms with Gasteiger partial charge in [-0.05, 0) is 59.0 Å². The Labute approximate surface area is 121 Å². The zero-order chi connectivity index (χ0) is 14.6. The topological polar surface area (TPSA) is 27.7 Å². The molecule has 5 heteroatoms. The van der Waals surface area contributed by atoms with Crippen LogP contribution in [0.1, 0.15) is 53.4 Å². The van der Waals surface area contributed by atoms with Crippen LogP contribution in [-0.4, -0.2) is 31.5 Å². The molecule has 0 aromatic carbocycles. The fourth-order valence-corrected chi connectivity index (χ4v) is 3.52.